The van der Waals surface area contributed by atoms with Crippen molar-refractivity contribution >= 4 is 5.82 Å². The lowest BCUT2D eigenvalue weighted by Crippen LogP contribution is -2.15. The maximum atomic E-state index is 10.6. The van der Waals surface area contributed by atoms with E-state index in [0.29, 0.717) is 0 Å². The van der Waals surface area contributed by atoms with Crippen LogP contribution in [0, 0.1) is 5.21 Å². The number of hydrazine groups is 1. The summed E-state index contributed by atoms with van der Waals surface area (Å²) in [5.41, 5.74) is 1.83. The van der Waals surface area contributed by atoms with E-state index < -0.39 is 0 Å². The van der Waals surface area contributed by atoms with Crippen LogP contribution in [-0.2, 0) is 0 Å². The summed E-state index contributed by atoms with van der Waals surface area (Å²) >= 11 is 0. The van der Waals surface area contributed by atoms with E-state index >= 15 is 0 Å². The van der Waals surface area contributed by atoms with Crippen molar-refractivity contribution in [2.45, 2.75) is 0 Å². The fraction of sp³-hybridized carbons (Fsp3) is 0. The number of nitrogens with two attached hydrogens (primary N) is 1. The second kappa shape index (κ2) is 3.85. The van der Waals surface area contributed by atoms with Crippen molar-refractivity contribution in [2.75, 3.05) is 0 Å². The topological polar surface area (TPSA) is 127 Å². The Balaban J connectivity index is 2.57. The Kier molecular flexibility index (Phi) is 2.54. The van der Waals surface area contributed by atoms with Crippen LogP contribution in [0.4, 0.5) is 5.82 Å². The first-order chi connectivity index (χ1) is 5.83. The molecule has 0 aromatic carbocycles. The van der Waals surface area contributed by atoms with Crippen LogP contribution in [0.15, 0.2) is 32.4 Å². The van der Waals surface area contributed by atoms with Gasteiger partial charge >= 0.3 is 0 Å². The van der Waals surface area contributed by atoms with Gasteiger partial charge in [-0.2, -0.15) is 0 Å². The van der Waals surface area contributed by atoms with Crippen LogP contribution in [0.3, 0.4) is 0 Å². The molecular formula is C3H5N7O2. The summed E-state index contributed by atoms with van der Waals surface area (Å²) in [6.45, 7) is 0. The molecule has 1 aromatic heterocycles. The normalized spacial score (nSPS) is 12.2. The summed E-state index contributed by atoms with van der Waals surface area (Å²) in [6.07, 6.45) is 1.27. The molecule has 0 saturated heterocycles. The van der Waals surface area contributed by atoms with Gasteiger partial charge in [0.25, 0.3) is 0 Å². The summed E-state index contributed by atoms with van der Waals surface area (Å²) in [6, 6.07) is 1.40. The number of rotatable bonds is 3. The first-order valence-electron chi connectivity index (χ1n) is 2.78. The van der Waals surface area contributed by atoms with E-state index in [4.69, 9.17) is 0 Å². The number of hydrogen-bond donors (Lipinski definition) is 2. The number of nitrogens with zero attached hydrogens (tertiary/aromatic N) is 5. The molecule has 1 heterocycles. The Morgan fingerprint density at radius 2 is 2.58 bits per heavy atom. The van der Waals surface area contributed by atoms with Crippen LogP contribution in [0.25, 0.3) is 0 Å². The van der Waals surface area contributed by atoms with E-state index in [0.717, 1.165) is 0 Å². The van der Waals surface area contributed by atoms with Crippen molar-refractivity contribution < 1.29 is 9.49 Å². The lowest BCUT2D eigenvalue weighted by molar-refractivity contribution is -0.587. The second-order valence-corrected chi connectivity index (χ2v) is 1.55. The summed E-state index contributed by atoms with van der Waals surface area (Å²) in [5, 5.41) is 23.0. The average molecular weight is 171 g/mol. The molecular weight excluding hydrogens is 166 g/mol. The molecule has 0 amide bonds. The van der Waals surface area contributed by atoms with Crippen LogP contribution in [0.1, 0.15) is 0 Å². The minimum Gasteiger partial charge on any atom is -0.672 e. The van der Waals surface area contributed by atoms with Gasteiger partial charge in [0, 0.05) is 6.07 Å². The minimum atomic E-state index is 0.0359. The van der Waals surface area contributed by atoms with E-state index in [1.165, 1.54) is 12.3 Å². The van der Waals surface area contributed by atoms with Crippen molar-refractivity contribution in [1.82, 2.24) is 10.7 Å². The SMILES string of the molecule is N/N=N/N[N+]([O-])=Nc1ccon1. The molecule has 0 saturated carbocycles. The van der Waals surface area contributed by atoms with Crippen LogP contribution >= 0.6 is 0 Å². The van der Waals surface area contributed by atoms with Gasteiger partial charge in [0.15, 0.2) is 5.22 Å². The highest BCUT2D eigenvalue weighted by Crippen LogP contribution is 2.04. The van der Waals surface area contributed by atoms with Gasteiger partial charge in [0.2, 0.25) is 5.82 Å². The number of hydrogen-bond acceptors (Lipinski definition) is 6. The molecule has 0 aliphatic carbocycles. The fourth-order valence-corrected chi connectivity index (χ4v) is 0.437. The molecule has 1 rings (SSSR count). The molecule has 0 unspecified atom stereocenters. The zero-order valence-corrected chi connectivity index (χ0v) is 5.78. The summed E-state index contributed by atoms with van der Waals surface area (Å²) in [5.74, 6) is 4.72. The van der Waals surface area contributed by atoms with E-state index in [1.807, 2.05) is 5.53 Å². The van der Waals surface area contributed by atoms with E-state index in [2.05, 4.69) is 31.1 Å². The fourth-order valence-electron chi connectivity index (χ4n) is 0.437. The Bertz CT molecular complexity index is 277. The predicted octanol–water partition coefficient (Wildman–Crippen LogP) is 0.0141. The maximum Gasteiger partial charge on any atom is 0.239 e. The minimum absolute atomic E-state index is 0.0359. The summed E-state index contributed by atoms with van der Waals surface area (Å²) in [7, 11) is 0. The Morgan fingerprint density at radius 1 is 1.75 bits per heavy atom. The molecule has 0 bridgehead atoms. The van der Waals surface area contributed by atoms with Gasteiger partial charge in [-0.15, -0.1) is 0 Å². The van der Waals surface area contributed by atoms with Gasteiger partial charge in [0.05, 0.1) is 5.22 Å². The Morgan fingerprint density at radius 3 is 3.17 bits per heavy atom. The summed E-state index contributed by atoms with van der Waals surface area (Å²) in [4.78, 5) is 0.0359. The lowest BCUT2D eigenvalue weighted by Gasteiger charge is -1.96. The predicted molar refractivity (Wildman–Crippen MR) is 34.4 cm³/mol. The standard InChI is InChI=1S/C3H5N7O2/c4-7-8-9-10(11)5-3-1-2-12-6-3/h1-2H,(H2,4,8)(H,5,6,7,9). The molecule has 0 radical (unpaired) electrons. The molecule has 9 nitrogen and oxygen atoms in total. The maximum absolute atomic E-state index is 10.6. The number of nitrogens with one attached hydrogen (secondary N) is 1. The van der Waals surface area contributed by atoms with Crippen molar-refractivity contribution in [3.8, 4) is 0 Å². The molecule has 0 spiro atoms. The smallest absolute Gasteiger partial charge is 0.239 e. The summed E-state index contributed by atoms with van der Waals surface area (Å²) < 4.78 is 4.40. The van der Waals surface area contributed by atoms with Crippen molar-refractivity contribution in [3.63, 3.8) is 0 Å². The van der Waals surface area contributed by atoms with Gasteiger partial charge in [-0.05, 0) is 15.6 Å². The molecule has 3 N–H and O–H groups in total. The molecule has 9 heteroatoms. The highest BCUT2D eigenvalue weighted by atomic mass is 16.5. The third kappa shape index (κ3) is 2.21. The molecule has 0 fully saturated rings. The largest absolute Gasteiger partial charge is 0.672 e. The van der Waals surface area contributed by atoms with Crippen LogP contribution in [-0.4, -0.2) is 10.1 Å². The molecule has 0 aliphatic heterocycles. The average Bonchev–Trinajstić information content (AvgIpc) is 2.53. The van der Waals surface area contributed by atoms with Gasteiger partial charge < -0.3 is 9.73 Å². The van der Waals surface area contributed by atoms with Crippen molar-refractivity contribution in [3.05, 3.63) is 17.5 Å². The first-order valence-corrected chi connectivity index (χ1v) is 2.78. The highest BCUT2D eigenvalue weighted by Gasteiger charge is 1.94. The number of aromatic nitrogens is 1. The highest BCUT2D eigenvalue weighted by molar-refractivity contribution is 5.18. The van der Waals surface area contributed by atoms with E-state index in [1.54, 1.807) is 0 Å². The second-order valence-electron chi connectivity index (χ2n) is 1.55. The van der Waals surface area contributed by atoms with Crippen molar-refractivity contribution in [1.29, 1.82) is 0 Å². The van der Waals surface area contributed by atoms with Gasteiger partial charge in [-0.25, -0.2) is 0 Å². The molecule has 1 aromatic rings. The molecule has 12 heavy (non-hydrogen) atoms. The molecule has 64 valence electrons. The van der Waals surface area contributed by atoms with E-state index in [-0.39, 0.29) is 10.8 Å². The Labute approximate surface area is 66.0 Å². The zero-order chi connectivity index (χ0) is 8.81. The van der Waals surface area contributed by atoms with Crippen LogP contribution in [0.5, 0.6) is 0 Å². The first kappa shape index (κ1) is 7.91. The third-order valence-corrected chi connectivity index (χ3v) is 0.805. The van der Waals surface area contributed by atoms with Gasteiger partial charge in [0.1, 0.15) is 6.26 Å². The van der Waals surface area contributed by atoms with Gasteiger partial charge in [-0.1, -0.05) is 5.16 Å². The monoisotopic (exact) mass is 171 g/mol. The Hall–Kier alpha value is -2.19. The molecule has 0 aliphatic rings. The van der Waals surface area contributed by atoms with E-state index in [9.17, 15) is 5.21 Å². The van der Waals surface area contributed by atoms with Crippen molar-refractivity contribution in [2.24, 2.45) is 21.4 Å². The molecule has 0 atom stereocenters. The quantitative estimate of drug-likeness (QED) is 0.286. The third-order valence-electron chi connectivity index (χ3n) is 0.805. The van der Waals surface area contributed by atoms with Gasteiger partial charge in [-0.3, -0.25) is 5.84 Å². The zero-order valence-electron chi connectivity index (χ0n) is 5.78. The lowest BCUT2D eigenvalue weighted by atomic mass is 10.7. The van der Waals surface area contributed by atoms with Crippen LogP contribution in [0.2, 0.25) is 0 Å². The van der Waals surface area contributed by atoms with Crippen LogP contribution < -0.4 is 11.4 Å².